The van der Waals surface area contributed by atoms with Crippen LogP contribution in [0.15, 0.2) is 48.5 Å². The number of nitrogens with one attached hydrogen (secondary N) is 2. The summed E-state index contributed by atoms with van der Waals surface area (Å²) in [6.07, 6.45) is 3.51. The second-order valence-corrected chi connectivity index (χ2v) is 8.07. The highest BCUT2D eigenvalue weighted by Gasteiger charge is 2.24. The lowest BCUT2D eigenvalue weighted by Crippen LogP contribution is -2.47. The Morgan fingerprint density at radius 2 is 1.78 bits per heavy atom. The molecule has 0 saturated carbocycles. The Morgan fingerprint density at radius 3 is 2.44 bits per heavy atom. The molecule has 1 aliphatic heterocycles. The van der Waals surface area contributed by atoms with E-state index in [1.54, 1.807) is 29.2 Å². The number of rotatable bonds is 8. The third-order valence-corrected chi connectivity index (χ3v) is 5.45. The van der Waals surface area contributed by atoms with Crippen LogP contribution in [-0.4, -0.2) is 48.4 Å². The first-order chi connectivity index (χ1) is 15.4. The molecule has 0 bridgehead atoms. The molecule has 1 saturated heterocycles. The Bertz CT molecular complexity index is 934. The summed E-state index contributed by atoms with van der Waals surface area (Å²) in [5, 5.41) is 5.71. The fourth-order valence-corrected chi connectivity index (χ4v) is 3.76. The van der Waals surface area contributed by atoms with Gasteiger partial charge in [0.1, 0.15) is 5.75 Å². The van der Waals surface area contributed by atoms with Gasteiger partial charge in [0.2, 0.25) is 5.91 Å². The van der Waals surface area contributed by atoms with Gasteiger partial charge in [-0.05, 0) is 55.2 Å². The van der Waals surface area contributed by atoms with E-state index in [0.717, 1.165) is 12.8 Å². The number of hydrogen-bond donors (Lipinski definition) is 2. The number of carbonyl (C=O) groups is 3. The van der Waals surface area contributed by atoms with Crippen LogP contribution in [0.5, 0.6) is 5.75 Å². The molecule has 0 unspecified atom stereocenters. The number of likely N-dealkylation sites (tertiary alicyclic amines) is 1. The van der Waals surface area contributed by atoms with E-state index in [9.17, 15) is 14.4 Å². The third-order valence-electron chi connectivity index (χ3n) is 5.45. The number of hydrogen-bond acceptors (Lipinski definition) is 4. The molecule has 0 spiro atoms. The summed E-state index contributed by atoms with van der Waals surface area (Å²) in [6, 6.07) is 14.7. The zero-order chi connectivity index (χ0) is 22.9. The van der Waals surface area contributed by atoms with Crippen LogP contribution in [0, 0.1) is 0 Å². The van der Waals surface area contributed by atoms with Crippen molar-refractivity contribution in [3.8, 4) is 5.75 Å². The number of aryl methyl sites for hydroxylation is 1. The van der Waals surface area contributed by atoms with Gasteiger partial charge in [0, 0.05) is 37.3 Å². The molecule has 0 atom stereocenters. The van der Waals surface area contributed by atoms with Crippen molar-refractivity contribution in [1.29, 1.82) is 0 Å². The number of nitrogens with zero attached hydrogens (tertiary/aromatic N) is 1. The van der Waals surface area contributed by atoms with Gasteiger partial charge < -0.3 is 20.3 Å². The molecule has 3 rings (SSSR count). The van der Waals surface area contributed by atoms with Gasteiger partial charge in [-0.2, -0.15) is 0 Å². The standard InChI is InChI=1S/C25H31N3O4/c1-3-5-19-8-10-23(11-9-19)32-17-24(30)28-14-12-21(13-15-28)27-25(31)20-6-4-7-22(16-20)26-18(2)29/h4,6-11,16,21H,3,5,12-15,17H2,1-2H3,(H,26,29)(H,27,31). The maximum absolute atomic E-state index is 12.6. The average molecular weight is 438 g/mol. The first-order valence-electron chi connectivity index (χ1n) is 11.1. The van der Waals surface area contributed by atoms with Crippen molar-refractivity contribution in [2.45, 2.75) is 45.6 Å². The minimum atomic E-state index is -0.183. The minimum Gasteiger partial charge on any atom is -0.484 e. The zero-order valence-electron chi connectivity index (χ0n) is 18.7. The van der Waals surface area contributed by atoms with E-state index in [2.05, 4.69) is 17.6 Å². The topological polar surface area (TPSA) is 87.7 Å². The number of piperidine rings is 1. The molecule has 2 N–H and O–H groups in total. The lowest BCUT2D eigenvalue weighted by Gasteiger charge is -2.32. The third kappa shape index (κ3) is 6.83. The van der Waals surface area contributed by atoms with Crippen molar-refractivity contribution in [3.63, 3.8) is 0 Å². The van der Waals surface area contributed by atoms with Crippen LogP contribution in [0.3, 0.4) is 0 Å². The van der Waals surface area contributed by atoms with Crippen molar-refractivity contribution in [2.24, 2.45) is 0 Å². The molecule has 2 aromatic rings. The van der Waals surface area contributed by atoms with Crippen LogP contribution in [-0.2, 0) is 16.0 Å². The average Bonchev–Trinajstić information content (AvgIpc) is 2.79. The molecular weight excluding hydrogens is 406 g/mol. The van der Waals surface area contributed by atoms with Gasteiger partial charge in [-0.15, -0.1) is 0 Å². The summed E-state index contributed by atoms with van der Waals surface area (Å²) in [5.41, 5.74) is 2.34. The number of ether oxygens (including phenoxy) is 1. The van der Waals surface area contributed by atoms with Crippen molar-refractivity contribution < 1.29 is 19.1 Å². The molecule has 0 aliphatic carbocycles. The molecule has 0 aromatic heterocycles. The van der Waals surface area contributed by atoms with Crippen molar-refractivity contribution >= 4 is 23.4 Å². The van der Waals surface area contributed by atoms with Crippen LogP contribution in [0.1, 0.15) is 49.0 Å². The molecule has 170 valence electrons. The normalized spacial score (nSPS) is 14.0. The fraction of sp³-hybridized carbons (Fsp3) is 0.400. The lowest BCUT2D eigenvalue weighted by atomic mass is 10.0. The number of carbonyl (C=O) groups excluding carboxylic acids is 3. The number of anilines is 1. The Labute approximate surface area is 189 Å². The molecule has 32 heavy (non-hydrogen) atoms. The Hall–Kier alpha value is -3.35. The highest BCUT2D eigenvalue weighted by Crippen LogP contribution is 2.16. The van der Waals surface area contributed by atoms with Crippen LogP contribution >= 0.6 is 0 Å². The first kappa shape index (κ1) is 23.3. The first-order valence-corrected chi connectivity index (χ1v) is 11.1. The van der Waals surface area contributed by atoms with Crippen molar-refractivity contribution in [1.82, 2.24) is 10.2 Å². The van der Waals surface area contributed by atoms with Gasteiger partial charge in [0.15, 0.2) is 6.61 Å². The highest BCUT2D eigenvalue weighted by atomic mass is 16.5. The predicted octanol–water partition coefficient (Wildman–Crippen LogP) is 3.40. The van der Waals surface area contributed by atoms with E-state index in [1.807, 2.05) is 24.3 Å². The van der Waals surface area contributed by atoms with Gasteiger partial charge >= 0.3 is 0 Å². The predicted molar refractivity (Wildman–Crippen MR) is 124 cm³/mol. The van der Waals surface area contributed by atoms with Crippen LogP contribution < -0.4 is 15.4 Å². The summed E-state index contributed by atoms with van der Waals surface area (Å²) >= 11 is 0. The maximum Gasteiger partial charge on any atom is 0.260 e. The second-order valence-electron chi connectivity index (χ2n) is 8.07. The molecule has 0 radical (unpaired) electrons. The van der Waals surface area contributed by atoms with Crippen LogP contribution in [0.2, 0.25) is 0 Å². The molecule has 3 amide bonds. The minimum absolute atomic E-state index is 0.00278. The SMILES string of the molecule is CCCc1ccc(OCC(=O)N2CCC(NC(=O)c3cccc(NC(C)=O)c3)CC2)cc1. The summed E-state index contributed by atoms with van der Waals surface area (Å²) in [4.78, 5) is 38.1. The van der Waals surface area contributed by atoms with Gasteiger partial charge in [0.25, 0.3) is 11.8 Å². The van der Waals surface area contributed by atoms with E-state index < -0.39 is 0 Å². The zero-order valence-corrected chi connectivity index (χ0v) is 18.7. The molecule has 1 fully saturated rings. The lowest BCUT2D eigenvalue weighted by molar-refractivity contribution is -0.134. The molecular formula is C25H31N3O4. The summed E-state index contributed by atoms with van der Waals surface area (Å²) in [7, 11) is 0. The van der Waals surface area contributed by atoms with Gasteiger partial charge in [-0.25, -0.2) is 0 Å². The van der Waals surface area contributed by atoms with Crippen LogP contribution in [0.25, 0.3) is 0 Å². The summed E-state index contributed by atoms with van der Waals surface area (Å²) in [6.45, 7) is 4.74. The van der Waals surface area contributed by atoms with Crippen LogP contribution in [0.4, 0.5) is 5.69 Å². The molecule has 7 heteroatoms. The Kier molecular flexibility index (Phi) is 8.25. The fourth-order valence-electron chi connectivity index (χ4n) is 3.76. The van der Waals surface area contributed by atoms with Gasteiger partial charge in [-0.1, -0.05) is 31.5 Å². The van der Waals surface area contributed by atoms with Crippen molar-refractivity contribution in [2.75, 3.05) is 25.0 Å². The maximum atomic E-state index is 12.6. The highest BCUT2D eigenvalue weighted by molar-refractivity contribution is 5.97. The Morgan fingerprint density at radius 1 is 1.06 bits per heavy atom. The van der Waals surface area contributed by atoms with E-state index in [0.29, 0.717) is 42.9 Å². The molecule has 1 heterocycles. The van der Waals surface area contributed by atoms with E-state index in [1.165, 1.54) is 12.5 Å². The number of benzene rings is 2. The van der Waals surface area contributed by atoms with E-state index in [4.69, 9.17) is 4.74 Å². The van der Waals surface area contributed by atoms with E-state index in [-0.39, 0.29) is 30.4 Å². The largest absolute Gasteiger partial charge is 0.484 e. The molecule has 1 aliphatic rings. The summed E-state index contributed by atoms with van der Waals surface area (Å²) in [5.74, 6) is 0.284. The number of amides is 3. The molecule has 2 aromatic carbocycles. The van der Waals surface area contributed by atoms with Gasteiger partial charge in [0.05, 0.1) is 0 Å². The van der Waals surface area contributed by atoms with E-state index >= 15 is 0 Å². The summed E-state index contributed by atoms with van der Waals surface area (Å²) < 4.78 is 5.65. The quantitative estimate of drug-likeness (QED) is 0.663. The second kappa shape index (κ2) is 11.3. The smallest absolute Gasteiger partial charge is 0.260 e. The van der Waals surface area contributed by atoms with Gasteiger partial charge in [-0.3, -0.25) is 14.4 Å². The van der Waals surface area contributed by atoms with Crippen molar-refractivity contribution in [3.05, 3.63) is 59.7 Å². The monoisotopic (exact) mass is 437 g/mol. The molecule has 7 nitrogen and oxygen atoms in total. The Balaban J connectivity index is 1.42.